The number of aliphatic hydroxyl groups is 19. The Hall–Kier alpha value is -1.24. The van der Waals surface area contributed by atoms with Crippen molar-refractivity contribution in [1.29, 1.82) is 0 Å². The summed E-state index contributed by atoms with van der Waals surface area (Å²) < 4.78 is 65.7. The molecule has 6 saturated heterocycles. The Morgan fingerprint density at radius 3 is 0.926 bits per heavy atom. The van der Waals surface area contributed by atoms with E-state index >= 15 is 0 Å². The summed E-state index contributed by atoms with van der Waals surface area (Å²) in [6.07, 6.45) is -55.1. The molecule has 13 unspecified atom stereocenters. The lowest BCUT2D eigenvalue weighted by Gasteiger charge is -2.48. The van der Waals surface area contributed by atoms with Gasteiger partial charge in [0.1, 0.15) is 146 Å². The molecule has 6 aliphatic heterocycles. The number of ether oxygens (including phenoxy) is 12. The molecule has 30 atom stereocenters. The Bertz CT molecular complexity index is 1520. The lowest BCUT2D eigenvalue weighted by molar-refractivity contribution is -0.385. The van der Waals surface area contributed by atoms with Crippen molar-refractivity contribution in [3.63, 3.8) is 0 Å². The van der Waals surface area contributed by atoms with Gasteiger partial charge in [-0.1, -0.05) is 0 Å². The molecular formula is C37H64O31. The molecule has 0 aromatic carbocycles. The summed E-state index contributed by atoms with van der Waals surface area (Å²) in [7, 11) is 1.27. The summed E-state index contributed by atoms with van der Waals surface area (Å²) in [6, 6.07) is 0. The lowest BCUT2D eigenvalue weighted by Crippen LogP contribution is -2.67. The number of aliphatic hydroxyl groups excluding tert-OH is 19. The zero-order chi connectivity index (χ0) is 50.0. The van der Waals surface area contributed by atoms with Crippen molar-refractivity contribution in [1.82, 2.24) is 0 Å². The Kier molecular flexibility index (Phi) is 19.9. The van der Waals surface area contributed by atoms with Gasteiger partial charge < -0.3 is 154 Å². The minimum Gasteiger partial charge on any atom is -0.394 e. The summed E-state index contributed by atoms with van der Waals surface area (Å²) in [5, 5.41) is 200. The summed E-state index contributed by atoms with van der Waals surface area (Å²) in [4.78, 5) is 0. The minimum absolute atomic E-state index is 0.256. The van der Waals surface area contributed by atoms with Crippen LogP contribution in [0.3, 0.4) is 0 Å². The highest BCUT2D eigenvalue weighted by Crippen LogP contribution is 2.35. The van der Waals surface area contributed by atoms with Crippen LogP contribution in [0.4, 0.5) is 0 Å². The van der Waals surface area contributed by atoms with Crippen molar-refractivity contribution >= 4 is 0 Å². The fourth-order valence-electron chi connectivity index (χ4n) is 8.57. The molecule has 6 aliphatic rings. The van der Waals surface area contributed by atoms with E-state index in [1.807, 2.05) is 0 Å². The van der Waals surface area contributed by atoms with Gasteiger partial charge in [-0.2, -0.15) is 0 Å². The molecule has 0 radical (unpaired) electrons. The van der Waals surface area contributed by atoms with E-state index in [1.165, 1.54) is 7.11 Å². The first-order valence-corrected chi connectivity index (χ1v) is 21.5. The first-order chi connectivity index (χ1) is 32.2. The SMILES string of the molecule is COCC1O[C@H](O[C@@H]2C(CO)O[C@H](O[C@@H]3C(CO)O[C@H](OCC4O[C@H](O[C@@H]5C(CO)O[C@H](O[C@@H]6C(CO)OC(O)C(O)[C@H]6O)C(O)[C@H]5O)C(O)[C@@H](O)[C@@H]4O)C(O)[C@H]3O)C(O)[C@H]2O)C(O)[C@@H](O)[C@@H]1O. The van der Waals surface area contributed by atoms with E-state index in [1.54, 1.807) is 0 Å². The zero-order valence-electron chi connectivity index (χ0n) is 36.0. The summed E-state index contributed by atoms with van der Waals surface area (Å²) >= 11 is 0. The third-order valence-electron chi connectivity index (χ3n) is 12.6. The average molecular weight is 1000 g/mol. The van der Waals surface area contributed by atoms with Crippen molar-refractivity contribution in [3.8, 4) is 0 Å². The van der Waals surface area contributed by atoms with Crippen LogP contribution in [0.5, 0.6) is 0 Å². The fourth-order valence-corrected chi connectivity index (χ4v) is 8.57. The molecule has 0 spiro atoms. The fraction of sp³-hybridized carbons (Fsp3) is 1.00. The maximum Gasteiger partial charge on any atom is 0.187 e. The molecule has 0 aromatic rings. The molecule has 31 heteroatoms. The summed E-state index contributed by atoms with van der Waals surface area (Å²) in [6.45, 7) is -4.82. The molecule has 0 bridgehead atoms. The zero-order valence-corrected chi connectivity index (χ0v) is 36.0. The van der Waals surface area contributed by atoms with Gasteiger partial charge in [-0.15, -0.1) is 0 Å². The van der Waals surface area contributed by atoms with Crippen molar-refractivity contribution in [3.05, 3.63) is 0 Å². The van der Waals surface area contributed by atoms with Gasteiger partial charge >= 0.3 is 0 Å². The van der Waals surface area contributed by atoms with Crippen molar-refractivity contribution in [2.24, 2.45) is 0 Å². The van der Waals surface area contributed by atoms with Crippen LogP contribution < -0.4 is 0 Å². The summed E-state index contributed by atoms with van der Waals surface area (Å²) in [5.74, 6) is 0. The Morgan fingerprint density at radius 1 is 0.294 bits per heavy atom. The quantitative estimate of drug-likeness (QED) is 0.0643. The van der Waals surface area contributed by atoms with Crippen LogP contribution in [0.1, 0.15) is 0 Å². The Morgan fingerprint density at radius 2 is 0.574 bits per heavy atom. The highest BCUT2D eigenvalue weighted by molar-refractivity contribution is 4.99. The molecule has 0 amide bonds. The van der Waals surface area contributed by atoms with Crippen LogP contribution in [0.15, 0.2) is 0 Å². The van der Waals surface area contributed by atoms with E-state index in [0.29, 0.717) is 0 Å². The smallest absolute Gasteiger partial charge is 0.187 e. The maximum absolute atomic E-state index is 11.2. The molecule has 0 saturated carbocycles. The van der Waals surface area contributed by atoms with Crippen molar-refractivity contribution < 1.29 is 154 Å². The Balaban J connectivity index is 1.05. The van der Waals surface area contributed by atoms with Gasteiger partial charge in [-0.25, -0.2) is 0 Å². The van der Waals surface area contributed by atoms with E-state index < -0.39 is 217 Å². The molecular weight excluding hydrogens is 940 g/mol. The van der Waals surface area contributed by atoms with Gasteiger partial charge in [0.2, 0.25) is 0 Å². The van der Waals surface area contributed by atoms with Gasteiger partial charge in [0.05, 0.1) is 39.6 Å². The van der Waals surface area contributed by atoms with Crippen LogP contribution >= 0.6 is 0 Å². The predicted octanol–water partition coefficient (Wildman–Crippen LogP) is -13.4. The van der Waals surface area contributed by atoms with Crippen LogP contribution in [0.25, 0.3) is 0 Å². The van der Waals surface area contributed by atoms with Gasteiger partial charge in [0.25, 0.3) is 0 Å². The van der Waals surface area contributed by atoms with Crippen LogP contribution in [0.2, 0.25) is 0 Å². The third kappa shape index (κ3) is 11.6. The molecule has 0 aromatic heterocycles. The molecule has 68 heavy (non-hydrogen) atoms. The number of hydrogen-bond donors (Lipinski definition) is 19. The van der Waals surface area contributed by atoms with E-state index in [9.17, 15) is 97.0 Å². The maximum atomic E-state index is 11.2. The van der Waals surface area contributed by atoms with Gasteiger partial charge in [0, 0.05) is 7.11 Å². The largest absolute Gasteiger partial charge is 0.394 e. The second-order valence-electron chi connectivity index (χ2n) is 17.1. The normalized spacial score (nSPS) is 52.8. The molecule has 6 fully saturated rings. The molecule has 398 valence electrons. The first-order valence-electron chi connectivity index (χ1n) is 21.5. The van der Waals surface area contributed by atoms with Crippen LogP contribution in [0, 0.1) is 0 Å². The lowest BCUT2D eigenvalue weighted by atomic mass is 9.96. The third-order valence-corrected chi connectivity index (χ3v) is 12.6. The predicted molar refractivity (Wildman–Crippen MR) is 204 cm³/mol. The van der Waals surface area contributed by atoms with E-state index in [2.05, 4.69) is 0 Å². The molecule has 19 N–H and O–H groups in total. The minimum atomic E-state index is -2.09. The monoisotopic (exact) mass is 1000 g/mol. The second kappa shape index (κ2) is 24.2. The number of methoxy groups -OCH3 is 1. The average Bonchev–Trinajstić information content (AvgIpc) is 3.32. The molecule has 6 heterocycles. The van der Waals surface area contributed by atoms with Crippen molar-refractivity contribution in [2.45, 2.75) is 184 Å². The summed E-state index contributed by atoms with van der Waals surface area (Å²) in [5.41, 5.74) is 0. The number of rotatable bonds is 17. The van der Waals surface area contributed by atoms with E-state index in [4.69, 9.17) is 56.8 Å². The van der Waals surface area contributed by atoms with Crippen LogP contribution in [-0.2, 0) is 56.8 Å². The first kappa shape index (κ1) is 56.1. The highest BCUT2D eigenvalue weighted by Gasteiger charge is 2.56. The standard InChI is InChI=1S/C37H64O31/c1-57-6-12-14(42)16(44)23(51)34(63-12)66-30-10(4-40)62-37(27(55)21(30)49)68-29-9(3-39)60-33(25(53)19(29)47)58-7-13-15(43)17(45)24(52)35(64-13)67-31-11(5-41)61-36(26(54)20(31)48)65-28-8(2-38)59-32(56)22(50)18(28)46/h8-56H,2-7H2,1H3/t8?,9?,10?,11?,12?,13?,14-,15-,16+,17+,18-,19-,20-,21-,22?,23?,24?,25?,26?,27?,28-,29-,30-,31-,32?,33+,34-,35-,36-,37-/m1/s1. The van der Waals surface area contributed by atoms with Gasteiger partial charge in [0.15, 0.2) is 37.7 Å². The van der Waals surface area contributed by atoms with E-state index in [0.717, 1.165) is 0 Å². The molecule has 0 aliphatic carbocycles. The molecule has 31 nitrogen and oxygen atoms in total. The second-order valence-corrected chi connectivity index (χ2v) is 17.1. The number of hydrogen-bond acceptors (Lipinski definition) is 31. The van der Waals surface area contributed by atoms with E-state index in [-0.39, 0.29) is 6.61 Å². The molecule has 6 rings (SSSR count). The van der Waals surface area contributed by atoms with Gasteiger partial charge in [-0.05, 0) is 0 Å². The van der Waals surface area contributed by atoms with Gasteiger partial charge in [-0.3, -0.25) is 0 Å². The highest BCUT2D eigenvalue weighted by atomic mass is 16.8. The van der Waals surface area contributed by atoms with Crippen LogP contribution in [-0.4, -0.2) is 328 Å². The topological polar surface area (TPSA) is 495 Å². The van der Waals surface area contributed by atoms with Crippen molar-refractivity contribution in [2.75, 3.05) is 46.8 Å². The Labute approximate surface area is 384 Å².